The summed E-state index contributed by atoms with van der Waals surface area (Å²) in [5.41, 5.74) is 0.634. The second-order valence-electron chi connectivity index (χ2n) is 3.28. The zero-order chi connectivity index (χ0) is 12.5. The summed E-state index contributed by atoms with van der Waals surface area (Å²) in [7, 11) is 1.39. The number of nitro benzene ring substituents is 1. The molecule has 0 unspecified atom stereocenters. The van der Waals surface area contributed by atoms with E-state index in [9.17, 15) is 14.9 Å². The van der Waals surface area contributed by atoms with E-state index in [-0.39, 0.29) is 22.6 Å². The first-order valence-corrected chi connectivity index (χ1v) is 4.80. The number of carbonyl (C=O) groups is 1. The average molecular weight is 244 g/mol. The fourth-order valence-electron chi connectivity index (χ4n) is 1.56. The van der Waals surface area contributed by atoms with Gasteiger partial charge >= 0.3 is 0 Å². The number of ether oxygens (including phenoxy) is 1. The standard InChI is InChI=1S/C10H10ClNO4/c1-5-4-7(12(14)15)6(2)8(10(11)13)9(5)16-3/h4H,1-3H3. The minimum atomic E-state index is -0.763. The number of hydrogen-bond acceptors (Lipinski definition) is 4. The Morgan fingerprint density at radius 1 is 1.50 bits per heavy atom. The van der Waals surface area contributed by atoms with E-state index in [1.807, 2.05) is 0 Å². The van der Waals surface area contributed by atoms with E-state index in [1.54, 1.807) is 6.92 Å². The van der Waals surface area contributed by atoms with Crippen LogP contribution in [0.15, 0.2) is 6.07 Å². The number of hydrogen-bond donors (Lipinski definition) is 0. The number of aryl methyl sites for hydroxylation is 1. The minimum absolute atomic E-state index is 0.0517. The van der Waals surface area contributed by atoms with Crippen LogP contribution in [-0.4, -0.2) is 17.3 Å². The van der Waals surface area contributed by atoms with Crippen LogP contribution < -0.4 is 4.74 Å². The van der Waals surface area contributed by atoms with Crippen molar-refractivity contribution in [1.29, 1.82) is 0 Å². The van der Waals surface area contributed by atoms with E-state index >= 15 is 0 Å². The Hall–Kier alpha value is -1.62. The van der Waals surface area contributed by atoms with Crippen molar-refractivity contribution in [3.63, 3.8) is 0 Å². The van der Waals surface area contributed by atoms with Crippen LogP contribution >= 0.6 is 11.6 Å². The van der Waals surface area contributed by atoms with Gasteiger partial charge < -0.3 is 4.74 Å². The summed E-state index contributed by atoms with van der Waals surface area (Å²) in [5, 5.41) is 10.00. The molecule has 1 aromatic rings. The molecule has 0 aromatic heterocycles. The maximum atomic E-state index is 11.2. The number of halogens is 1. The number of carbonyl (C=O) groups excluding carboxylic acids is 1. The molecule has 0 heterocycles. The maximum Gasteiger partial charge on any atom is 0.273 e. The summed E-state index contributed by atoms with van der Waals surface area (Å²) in [4.78, 5) is 21.4. The third kappa shape index (κ3) is 1.99. The summed E-state index contributed by atoms with van der Waals surface area (Å²) in [5.74, 6) is 0.281. The summed E-state index contributed by atoms with van der Waals surface area (Å²) in [6, 6.07) is 1.36. The van der Waals surface area contributed by atoms with E-state index in [0.29, 0.717) is 5.56 Å². The van der Waals surface area contributed by atoms with Gasteiger partial charge in [0.15, 0.2) is 0 Å². The highest BCUT2D eigenvalue weighted by Crippen LogP contribution is 2.34. The van der Waals surface area contributed by atoms with Gasteiger partial charge in [-0.3, -0.25) is 14.9 Å². The van der Waals surface area contributed by atoms with Crippen LogP contribution in [0, 0.1) is 24.0 Å². The Morgan fingerprint density at radius 2 is 2.06 bits per heavy atom. The van der Waals surface area contributed by atoms with Crippen molar-refractivity contribution in [2.75, 3.05) is 7.11 Å². The zero-order valence-electron chi connectivity index (χ0n) is 9.04. The number of nitro groups is 1. The van der Waals surface area contributed by atoms with E-state index < -0.39 is 10.2 Å². The van der Waals surface area contributed by atoms with Crippen LogP contribution in [0.5, 0.6) is 5.75 Å². The third-order valence-electron chi connectivity index (χ3n) is 2.30. The molecule has 16 heavy (non-hydrogen) atoms. The van der Waals surface area contributed by atoms with Crippen molar-refractivity contribution < 1.29 is 14.5 Å². The molecule has 0 aliphatic heterocycles. The summed E-state index contributed by atoms with van der Waals surface area (Å²) in [6.45, 7) is 3.09. The Kier molecular flexibility index (Phi) is 3.49. The molecular formula is C10H10ClNO4. The molecule has 0 atom stereocenters. The van der Waals surface area contributed by atoms with Gasteiger partial charge in [-0.05, 0) is 31.0 Å². The van der Waals surface area contributed by atoms with Crippen LogP contribution in [0.4, 0.5) is 5.69 Å². The molecule has 1 rings (SSSR count). The fraction of sp³-hybridized carbons (Fsp3) is 0.300. The van der Waals surface area contributed by atoms with Crippen LogP contribution in [0.2, 0.25) is 0 Å². The van der Waals surface area contributed by atoms with Gasteiger partial charge in [-0.15, -0.1) is 0 Å². The SMILES string of the molecule is COc1c(C)cc([N+](=O)[O-])c(C)c1C(=O)Cl. The van der Waals surface area contributed by atoms with E-state index in [2.05, 4.69) is 0 Å². The number of methoxy groups -OCH3 is 1. The molecule has 0 spiro atoms. The topological polar surface area (TPSA) is 69.4 Å². The van der Waals surface area contributed by atoms with Crippen molar-refractivity contribution in [3.05, 3.63) is 32.9 Å². The Balaban J connectivity index is 3.65. The molecule has 0 aliphatic carbocycles. The van der Waals surface area contributed by atoms with Gasteiger partial charge in [0.25, 0.3) is 10.9 Å². The van der Waals surface area contributed by atoms with Gasteiger partial charge in [0.1, 0.15) is 5.75 Å². The third-order valence-corrected chi connectivity index (χ3v) is 2.48. The highest BCUT2D eigenvalue weighted by molar-refractivity contribution is 6.68. The van der Waals surface area contributed by atoms with Crippen molar-refractivity contribution in [1.82, 2.24) is 0 Å². The summed E-state index contributed by atoms with van der Waals surface area (Å²) < 4.78 is 5.03. The summed E-state index contributed by atoms with van der Waals surface area (Å²) >= 11 is 5.40. The predicted molar refractivity (Wildman–Crippen MR) is 59.3 cm³/mol. The maximum absolute atomic E-state index is 11.2. The summed E-state index contributed by atoms with van der Waals surface area (Å²) in [6.07, 6.45) is 0. The van der Waals surface area contributed by atoms with Gasteiger partial charge in [0, 0.05) is 11.6 Å². The lowest BCUT2D eigenvalue weighted by atomic mass is 10.0. The molecule has 0 fully saturated rings. The second-order valence-corrected chi connectivity index (χ2v) is 3.62. The molecule has 0 N–H and O–H groups in total. The first kappa shape index (κ1) is 12.4. The van der Waals surface area contributed by atoms with Crippen LogP contribution in [-0.2, 0) is 0 Å². The van der Waals surface area contributed by atoms with Gasteiger partial charge in [-0.25, -0.2) is 0 Å². The van der Waals surface area contributed by atoms with Crippen molar-refractivity contribution in [2.45, 2.75) is 13.8 Å². The molecule has 1 aromatic carbocycles. The van der Waals surface area contributed by atoms with Crippen molar-refractivity contribution in [3.8, 4) is 5.75 Å². The lowest BCUT2D eigenvalue weighted by Crippen LogP contribution is -2.04. The lowest BCUT2D eigenvalue weighted by Gasteiger charge is -2.11. The second kappa shape index (κ2) is 4.49. The van der Waals surface area contributed by atoms with E-state index in [0.717, 1.165) is 0 Å². The normalized spacial score (nSPS) is 10.0. The largest absolute Gasteiger partial charge is 0.496 e. The predicted octanol–water partition coefficient (Wildman–Crippen LogP) is 2.60. The first-order chi connectivity index (χ1) is 7.40. The number of rotatable bonds is 3. The molecule has 0 saturated heterocycles. The van der Waals surface area contributed by atoms with Crippen LogP contribution in [0.3, 0.4) is 0 Å². The van der Waals surface area contributed by atoms with Gasteiger partial charge in [-0.2, -0.15) is 0 Å². The van der Waals surface area contributed by atoms with E-state index in [4.69, 9.17) is 16.3 Å². The monoisotopic (exact) mass is 243 g/mol. The van der Waals surface area contributed by atoms with Gasteiger partial charge in [-0.1, -0.05) is 0 Å². The first-order valence-electron chi connectivity index (χ1n) is 4.42. The molecule has 0 radical (unpaired) electrons. The smallest absolute Gasteiger partial charge is 0.273 e. The molecule has 0 amide bonds. The van der Waals surface area contributed by atoms with Gasteiger partial charge in [0.2, 0.25) is 0 Å². The minimum Gasteiger partial charge on any atom is -0.496 e. The average Bonchev–Trinajstić information content (AvgIpc) is 2.19. The molecular weight excluding hydrogens is 234 g/mol. The van der Waals surface area contributed by atoms with Crippen LogP contribution in [0.1, 0.15) is 21.5 Å². The molecule has 86 valence electrons. The lowest BCUT2D eigenvalue weighted by molar-refractivity contribution is -0.385. The zero-order valence-corrected chi connectivity index (χ0v) is 9.79. The highest BCUT2D eigenvalue weighted by atomic mass is 35.5. The number of benzene rings is 1. The van der Waals surface area contributed by atoms with E-state index in [1.165, 1.54) is 20.1 Å². The van der Waals surface area contributed by atoms with Crippen molar-refractivity contribution >= 4 is 22.5 Å². The molecule has 6 heteroatoms. The molecule has 0 saturated carbocycles. The fourth-order valence-corrected chi connectivity index (χ4v) is 1.79. The molecule has 0 bridgehead atoms. The Bertz CT molecular complexity index is 470. The molecule has 5 nitrogen and oxygen atoms in total. The van der Waals surface area contributed by atoms with Gasteiger partial charge in [0.05, 0.1) is 17.6 Å². The van der Waals surface area contributed by atoms with Crippen molar-refractivity contribution in [2.24, 2.45) is 0 Å². The Morgan fingerprint density at radius 3 is 2.44 bits per heavy atom. The Labute approximate surface area is 97.1 Å². The quantitative estimate of drug-likeness (QED) is 0.465. The highest BCUT2D eigenvalue weighted by Gasteiger charge is 2.24. The molecule has 0 aliphatic rings. The number of nitrogens with zero attached hydrogens (tertiary/aromatic N) is 1. The van der Waals surface area contributed by atoms with Crippen LogP contribution in [0.25, 0.3) is 0 Å².